The van der Waals surface area contributed by atoms with E-state index in [9.17, 15) is 23.1 Å². The maximum Gasteiger partial charge on any atom is 0.270 e. The van der Waals surface area contributed by atoms with Gasteiger partial charge in [0, 0.05) is 34.2 Å². The number of aromatic nitrogens is 1. The maximum atomic E-state index is 11.7. The van der Waals surface area contributed by atoms with Crippen molar-refractivity contribution >= 4 is 38.0 Å². The summed E-state index contributed by atoms with van der Waals surface area (Å²) in [4.78, 5) is 15.0. The lowest BCUT2D eigenvalue weighted by atomic mass is 9.70. The number of nitrogens with one attached hydrogen (secondary N) is 1. The highest BCUT2D eigenvalue weighted by Gasteiger charge is 2.64. The van der Waals surface area contributed by atoms with Crippen molar-refractivity contribution in [2.75, 3.05) is 11.2 Å². The molecule has 2 atom stereocenters. The molecule has 2 aromatic rings. The minimum absolute atomic E-state index is 0.00776. The van der Waals surface area contributed by atoms with Crippen LogP contribution in [0.25, 0.3) is 11.3 Å². The predicted molar refractivity (Wildman–Crippen MR) is 115 cm³/mol. The minimum Gasteiger partial charge on any atom is -0.286 e. The van der Waals surface area contributed by atoms with Gasteiger partial charge in [-0.2, -0.15) is 13.5 Å². The fourth-order valence-corrected chi connectivity index (χ4v) is 6.92. The van der Waals surface area contributed by atoms with Crippen LogP contribution in [0.3, 0.4) is 0 Å². The van der Waals surface area contributed by atoms with Gasteiger partial charge in [-0.1, -0.05) is 26.0 Å². The molecule has 2 unspecified atom stereocenters. The molecule has 9 nitrogen and oxygen atoms in total. The molecule has 30 heavy (non-hydrogen) atoms. The first-order chi connectivity index (χ1) is 14.0. The number of non-ortho nitro benzene ring substituents is 1. The minimum atomic E-state index is -4.16. The van der Waals surface area contributed by atoms with E-state index in [1.807, 2.05) is 13.8 Å². The van der Waals surface area contributed by atoms with E-state index in [1.165, 1.54) is 23.5 Å². The Balaban J connectivity index is 1.59. The predicted octanol–water partition coefficient (Wildman–Crippen LogP) is 4.20. The number of nitro groups is 1. The molecular weight excluding hydrogens is 428 g/mol. The van der Waals surface area contributed by atoms with Crippen LogP contribution in [0, 0.1) is 26.9 Å². The highest BCUT2D eigenvalue weighted by atomic mass is 32.2. The quantitative estimate of drug-likeness (QED) is 0.382. The standard InChI is InChI=1S/C19H22N4O5S2/c1-18(2)13-6-7-19(18,11-30(26,27)28)16(9-13)21-22-17-20-15(10-29-17)12-4-3-5-14(8-12)23(24)25/h3-5,8,10,13H,6-7,9,11H2,1-2H3,(H,20,22)(H,26,27,28). The van der Waals surface area contributed by atoms with Crippen LogP contribution in [-0.2, 0) is 10.1 Å². The van der Waals surface area contributed by atoms with Crippen LogP contribution in [0.5, 0.6) is 0 Å². The Bertz CT molecular complexity index is 1140. The number of rotatable bonds is 6. The van der Waals surface area contributed by atoms with Crippen LogP contribution in [0.1, 0.15) is 33.1 Å². The smallest absolute Gasteiger partial charge is 0.270 e. The lowest BCUT2D eigenvalue weighted by Gasteiger charge is -2.37. The number of hydrogen-bond donors (Lipinski definition) is 2. The van der Waals surface area contributed by atoms with Crippen molar-refractivity contribution in [2.24, 2.45) is 21.8 Å². The third-order valence-electron chi connectivity index (χ3n) is 6.74. The fraction of sp³-hybridized carbons (Fsp3) is 0.474. The topological polar surface area (TPSA) is 135 Å². The molecule has 1 aromatic carbocycles. The van der Waals surface area contributed by atoms with Gasteiger partial charge < -0.3 is 0 Å². The summed E-state index contributed by atoms with van der Waals surface area (Å²) in [5, 5.41) is 17.8. The van der Waals surface area contributed by atoms with Gasteiger partial charge in [0.15, 0.2) is 0 Å². The SMILES string of the molecule is CC1(C)C2CCC1(CS(=O)(=O)O)C(=NNc1nc(-c3cccc([N+](=O)[O-])c3)cs1)C2. The van der Waals surface area contributed by atoms with Crippen molar-refractivity contribution < 1.29 is 17.9 Å². The highest BCUT2D eigenvalue weighted by molar-refractivity contribution is 7.85. The van der Waals surface area contributed by atoms with Crippen molar-refractivity contribution in [3.05, 3.63) is 39.8 Å². The molecule has 2 N–H and O–H groups in total. The number of hydrogen-bond acceptors (Lipinski definition) is 8. The Labute approximate surface area is 178 Å². The summed E-state index contributed by atoms with van der Waals surface area (Å²) in [5.74, 6) is -0.0163. The summed E-state index contributed by atoms with van der Waals surface area (Å²) in [6.45, 7) is 4.09. The van der Waals surface area contributed by atoms with Gasteiger partial charge in [-0.15, -0.1) is 11.3 Å². The molecule has 0 radical (unpaired) electrons. The van der Waals surface area contributed by atoms with E-state index >= 15 is 0 Å². The Kier molecular flexibility index (Phi) is 4.94. The van der Waals surface area contributed by atoms with E-state index < -0.39 is 20.5 Å². The van der Waals surface area contributed by atoms with Crippen LogP contribution in [0.4, 0.5) is 10.8 Å². The van der Waals surface area contributed by atoms with E-state index in [2.05, 4.69) is 15.5 Å². The van der Waals surface area contributed by atoms with Crippen molar-refractivity contribution in [1.29, 1.82) is 0 Å². The zero-order chi connectivity index (χ0) is 21.7. The molecular formula is C19H22N4O5S2. The summed E-state index contributed by atoms with van der Waals surface area (Å²) in [6, 6.07) is 6.24. The Hall–Kier alpha value is -2.37. The summed E-state index contributed by atoms with van der Waals surface area (Å²) in [6.07, 6.45) is 2.26. The first-order valence-corrected chi connectivity index (χ1v) is 12.0. The summed E-state index contributed by atoms with van der Waals surface area (Å²) >= 11 is 1.31. The fourth-order valence-electron chi connectivity index (χ4n) is 4.95. The van der Waals surface area contributed by atoms with Gasteiger partial charge in [-0.25, -0.2) is 4.98 Å². The molecule has 1 aromatic heterocycles. The average molecular weight is 451 g/mol. The molecule has 11 heteroatoms. The van der Waals surface area contributed by atoms with Crippen molar-refractivity contribution in [1.82, 2.24) is 4.98 Å². The molecule has 0 aliphatic heterocycles. The van der Waals surface area contributed by atoms with Gasteiger partial charge in [0.25, 0.3) is 15.8 Å². The molecule has 160 valence electrons. The van der Waals surface area contributed by atoms with Crippen molar-refractivity contribution in [3.8, 4) is 11.3 Å². The molecule has 0 spiro atoms. The molecule has 1 heterocycles. The zero-order valence-corrected chi connectivity index (χ0v) is 18.2. The number of benzene rings is 1. The van der Waals surface area contributed by atoms with Crippen LogP contribution in [-0.4, -0.2) is 34.3 Å². The van der Waals surface area contributed by atoms with Gasteiger partial charge in [0.1, 0.15) is 0 Å². The number of nitro benzene ring substituents is 1. The lowest BCUT2D eigenvalue weighted by molar-refractivity contribution is -0.384. The number of thiazole rings is 1. The third-order valence-corrected chi connectivity index (χ3v) is 8.34. The Morgan fingerprint density at radius 2 is 2.20 bits per heavy atom. The van der Waals surface area contributed by atoms with E-state index in [4.69, 9.17) is 0 Å². The monoisotopic (exact) mass is 450 g/mol. The second-order valence-electron chi connectivity index (χ2n) is 8.49. The molecule has 0 saturated heterocycles. The van der Waals surface area contributed by atoms with Gasteiger partial charge in [0.2, 0.25) is 5.13 Å². The van der Waals surface area contributed by atoms with Crippen LogP contribution < -0.4 is 5.43 Å². The van der Waals surface area contributed by atoms with Crippen LogP contribution in [0.2, 0.25) is 0 Å². The van der Waals surface area contributed by atoms with Crippen LogP contribution >= 0.6 is 11.3 Å². The van der Waals surface area contributed by atoms with Gasteiger partial charge in [-0.05, 0) is 30.6 Å². The number of hydrazone groups is 1. The average Bonchev–Trinajstić information content (AvgIpc) is 3.28. The normalized spacial score (nSPS) is 26.2. The summed E-state index contributed by atoms with van der Waals surface area (Å²) in [5.41, 5.74) is 3.91. The first kappa shape index (κ1) is 20.9. The molecule has 0 amide bonds. The third kappa shape index (κ3) is 3.50. The van der Waals surface area contributed by atoms with Crippen molar-refractivity contribution in [3.63, 3.8) is 0 Å². The largest absolute Gasteiger partial charge is 0.286 e. The Morgan fingerprint density at radius 3 is 2.87 bits per heavy atom. The molecule has 2 bridgehead atoms. The van der Waals surface area contributed by atoms with E-state index in [-0.39, 0.29) is 16.9 Å². The zero-order valence-electron chi connectivity index (χ0n) is 16.5. The molecule has 2 fully saturated rings. The highest BCUT2D eigenvalue weighted by Crippen LogP contribution is 2.64. The Morgan fingerprint density at radius 1 is 1.43 bits per heavy atom. The van der Waals surface area contributed by atoms with E-state index in [0.717, 1.165) is 12.1 Å². The molecule has 2 aliphatic carbocycles. The molecule has 2 aliphatic rings. The lowest BCUT2D eigenvalue weighted by Crippen LogP contribution is -2.42. The second kappa shape index (κ2) is 7.10. The second-order valence-corrected chi connectivity index (χ2v) is 10.8. The van der Waals surface area contributed by atoms with Crippen LogP contribution in [0.15, 0.2) is 34.7 Å². The number of fused-ring (bicyclic) bond motifs is 2. The maximum absolute atomic E-state index is 11.7. The molecule has 2 saturated carbocycles. The molecule has 4 rings (SSSR count). The van der Waals surface area contributed by atoms with Gasteiger partial charge in [-0.3, -0.25) is 20.1 Å². The number of anilines is 1. The van der Waals surface area contributed by atoms with Crippen molar-refractivity contribution in [2.45, 2.75) is 33.1 Å². The summed E-state index contributed by atoms with van der Waals surface area (Å²) < 4.78 is 33.0. The van der Waals surface area contributed by atoms with Gasteiger partial charge in [0.05, 0.1) is 16.4 Å². The van der Waals surface area contributed by atoms with E-state index in [1.54, 1.807) is 17.5 Å². The van der Waals surface area contributed by atoms with E-state index in [0.29, 0.717) is 35.1 Å². The number of nitrogens with zero attached hydrogens (tertiary/aromatic N) is 3. The van der Waals surface area contributed by atoms with Gasteiger partial charge >= 0.3 is 0 Å². The summed E-state index contributed by atoms with van der Waals surface area (Å²) in [7, 11) is -4.16. The first-order valence-electron chi connectivity index (χ1n) is 9.50.